The van der Waals surface area contributed by atoms with Crippen molar-refractivity contribution in [1.29, 1.82) is 0 Å². The Morgan fingerprint density at radius 1 is 1.17 bits per heavy atom. The van der Waals surface area contributed by atoms with E-state index < -0.39 is 0 Å². The number of aryl methyl sites for hydroxylation is 2. The second kappa shape index (κ2) is 10.1. The summed E-state index contributed by atoms with van der Waals surface area (Å²) >= 11 is 0. The van der Waals surface area contributed by atoms with Crippen molar-refractivity contribution < 1.29 is 4.74 Å². The Balaban J connectivity index is 0.00000264. The number of rotatable bonds is 6. The van der Waals surface area contributed by atoms with Gasteiger partial charge in [-0.1, -0.05) is 24.3 Å². The molecule has 0 amide bonds. The summed E-state index contributed by atoms with van der Waals surface area (Å²) in [6.45, 7) is 2.74. The molecule has 5 heteroatoms. The van der Waals surface area contributed by atoms with Crippen LogP contribution in [-0.2, 0) is 6.42 Å². The van der Waals surface area contributed by atoms with E-state index in [1.165, 1.54) is 11.1 Å². The number of aliphatic imine (C=N–C) groups is 1. The van der Waals surface area contributed by atoms with Crippen LogP contribution in [-0.4, -0.2) is 19.6 Å². The second-order valence-corrected chi connectivity index (χ2v) is 5.22. The highest BCUT2D eigenvalue weighted by Gasteiger charge is 1.97. The van der Waals surface area contributed by atoms with Crippen LogP contribution in [0.25, 0.3) is 0 Å². The molecule has 2 aromatic carbocycles. The van der Waals surface area contributed by atoms with Gasteiger partial charge in [-0.15, -0.1) is 24.0 Å². The minimum absolute atomic E-state index is 0. The van der Waals surface area contributed by atoms with Crippen molar-refractivity contribution in [2.24, 2.45) is 10.7 Å². The molecule has 23 heavy (non-hydrogen) atoms. The lowest BCUT2D eigenvalue weighted by Crippen LogP contribution is -2.22. The normalized spacial score (nSPS) is 10.8. The van der Waals surface area contributed by atoms with Gasteiger partial charge in [-0.2, -0.15) is 0 Å². The molecule has 0 bridgehead atoms. The van der Waals surface area contributed by atoms with Gasteiger partial charge in [0.05, 0.1) is 7.11 Å². The van der Waals surface area contributed by atoms with E-state index in [0.717, 1.165) is 24.3 Å². The Hall–Kier alpha value is -1.76. The summed E-state index contributed by atoms with van der Waals surface area (Å²) in [6, 6.07) is 16.2. The number of nitrogens with two attached hydrogens (primary N) is 1. The molecule has 0 heterocycles. The second-order valence-electron chi connectivity index (χ2n) is 5.22. The van der Waals surface area contributed by atoms with Gasteiger partial charge >= 0.3 is 0 Å². The topological polar surface area (TPSA) is 59.6 Å². The standard InChI is InChI=1S/C18H23N3O.HI/c1-14-6-3-9-16(12-14)21-18(19)20-11-5-8-15-7-4-10-17(13-15)22-2;/h3-4,6-7,9-10,12-13H,5,8,11H2,1-2H3,(H3,19,20,21);1H. The molecule has 0 saturated heterocycles. The Kier molecular flexibility index (Phi) is 8.47. The maximum absolute atomic E-state index is 5.90. The lowest BCUT2D eigenvalue weighted by molar-refractivity contribution is 0.414. The molecular weight excluding hydrogens is 401 g/mol. The van der Waals surface area contributed by atoms with E-state index in [4.69, 9.17) is 10.5 Å². The zero-order valence-electron chi connectivity index (χ0n) is 13.6. The van der Waals surface area contributed by atoms with Gasteiger partial charge < -0.3 is 15.8 Å². The molecule has 0 fully saturated rings. The molecule has 0 aromatic heterocycles. The van der Waals surface area contributed by atoms with Gasteiger partial charge in [0.25, 0.3) is 0 Å². The maximum Gasteiger partial charge on any atom is 0.193 e. The van der Waals surface area contributed by atoms with E-state index in [9.17, 15) is 0 Å². The molecule has 0 radical (unpaired) electrons. The molecule has 0 spiro atoms. The van der Waals surface area contributed by atoms with Crippen LogP contribution in [0.3, 0.4) is 0 Å². The molecule has 2 rings (SSSR count). The minimum atomic E-state index is 0. The van der Waals surface area contributed by atoms with Crippen LogP contribution in [0.5, 0.6) is 5.75 Å². The predicted molar refractivity (Wildman–Crippen MR) is 108 cm³/mol. The molecule has 0 saturated carbocycles. The molecule has 0 unspecified atom stereocenters. The van der Waals surface area contributed by atoms with Crippen LogP contribution in [0.15, 0.2) is 53.5 Å². The number of guanidine groups is 1. The third kappa shape index (κ3) is 6.90. The Labute approximate surface area is 155 Å². The molecule has 2 aromatic rings. The van der Waals surface area contributed by atoms with Gasteiger partial charge in [0.2, 0.25) is 0 Å². The first kappa shape index (κ1) is 19.3. The first-order valence-electron chi connectivity index (χ1n) is 7.44. The van der Waals surface area contributed by atoms with Crippen LogP contribution in [0.2, 0.25) is 0 Å². The molecule has 0 atom stereocenters. The molecule has 0 aliphatic rings. The van der Waals surface area contributed by atoms with Crippen molar-refractivity contribution >= 4 is 35.6 Å². The molecule has 0 aliphatic heterocycles. The summed E-state index contributed by atoms with van der Waals surface area (Å²) in [5, 5.41) is 3.11. The largest absolute Gasteiger partial charge is 0.497 e. The van der Waals surface area contributed by atoms with Crippen molar-refractivity contribution in [3.05, 3.63) is 59.7 Å². The van der Waals surface area contributed by atoms with E-state index >= 15 is 0 Å². The van der Waals surface area contributed by atoms with E-state index in [-0.39, 0.29) is 24.0 Å². The number of nitrogens with one attached hydrogen (secondary N) is 1. The number of hydrogen-bond acceptors (Lipinski definition) is 2. The maximum atomic E-state index is 5.90. The third-order valence-corrected chi connectivity index (χ3v) is 3.33. The molecule has 4 nitrogen and oxygen atoms in total. The van der Waals surface area contributed by atoms with Crippen molar-refractivity contribution in [3.63, 3.8) is 0 Å². The number of halogens is 1. The SMILES string of the molecule is COc1cccc(CCCN=C(N)Nc2cccc(C)c2)c1.I. The summed E-state index contributed by atoms with van der Waals surface area (Å²) < 4.78 is 5.22. The molecular formula is C18H24IN3O. The summed E-state index contributed by atoms with van der Waals surface area (Å²) in [5.74, 6) is 1.35. The van der Waals surface area contributed by atoms with Crippen molar-refractivity contribution in [3.8, 4) is 5.75 Å². The van der Waals surface area contributed by atoms with Gasteiger partial charge in [0.1, 0.15) is 5.75 Å². The van der Waals surface area contributed by atoms with Gasteiger partial charge in [-0.25, -0.2) is 0 Å². The van der Waals surface area contributed by atoms with Gasteiger partial charge in [0.15, 0.2) is 5.96 Å². The van der Waals surface area contributed by atoms with Crippen LogP contribution in [0.1, 0.15) is 17.5 Å². The highest BCUT2D eigenvalue weighted by atomic mass is 127. The number of methoxy groups -OCH3 is 1. The average molecular weight is 425 g/mol. The lowest BCUT2D eigenvalue weighted by Gasteiger charge is -2.06. The lowest BCUT2D eigenvalue weighted by atomic mass is 10.1. The molecule has 0 aliphatic carbocycles. The number of nitrogens with zero attached hydrogens (tertiary/aromatic N) is 1. The molecule has 3 N–H and O–H groups in total. The Bertz CT molecular complexity index is 644. The van der Waals surface area contributed by atoms with E-state index in [2.05, 4.69) is 22.4 Å². The first-order chi connectivity index (χ1) is 10.7. The molecule has 124 valence electrons. The highest BCUT2D eigenvalue weighted by Crippen LogP contribution is 2.14. The fraction of sp³-hybridized carbons (Fsp3) is 0.278. The zero-order chi connectivity index (χ0) is 15.8. The summed E-state index contributed by atoms with van der Waals surface area (Å²) in [6.07, 6.45) is 1.90. The third-order valence-electron chi connectivity index (χ3n) is 3.33. The fourth-order valence-corrected chi connectivity index (χ4v) is 2.22. The van der Waals surface area contributed by atoms with Crippen LogP contribution in [0, 0.1) is 6.92 Å². The summed E-state index contributed by atoms with van der Waals surface area (Å²) in [5.41, 5.74) is 9.31. The Morgan fingerprint density at radius 2 is 1.96 bits per heavy atom. The van der Waals surface area contributed by atoms with E-state index in [1.807, 2.05) is 43.3 Å². The average Bonchev–Trinajstić information content (AvgIpc) is 2.52. The van der Waals surface area contributed by atoms with Crippen LogP contribution in [0.4, 0.5) is 5.69 Å². The van der Waals surface area contributed by atoms with Gasteiger partial charge in [0, 0.05) is 12.2 Å². The summed E-state index contributed by atoms with van der Waals surface area (Å²) in [7, 11) is 1.68. The van der Waals surface area contributed by atoms with Gasteiger partial charge in [-0.05, 0) is 55.2 Å². The number of anilines is 1. The number of ether oxygens (including phenoxy) is 1. The van der Waals surface area contributed by atoms with Crippen molar-refractivity contribution in [2.45, 2.75) is 19.8 Å². The minimum Gasteiger partial charge on any atom is -0.497 e. The Morgan fingerprint density at radius 3 is 2.70 bits per heavy atom. The summed E-state index contributed by atoms with van der Waals surface area (Å²) in [4.78, 5) is 4.36. The van der Waals surface area contributed by atoms with Crippen LogP contribution >= 0.6 is 24.0 Å². The van der Waals surface area contributed by atoms with Crippen LogP contribution < -0.4 is 15.8 Å². The zero-order valence-corrected chi connectivity index (χ0v) is 15.9. The van der Waals surface area contributed by atoms with E-state index in [1.54, 1.807) is 7.11 Å². The number of hydrogen-bond donors (Lipinski definition) is 2. The van der Waals surface area contributed by atoms with E-state index in [0.29, 0.717) is 12.5 Å². The highest BCUT2D eigenvalue weighted by molar-refractivity contribution is 14.0. The first-order valence-corrected chi connectivity index (χ1v) is 7.44. The number of benzene rings is 2. The quantitative estimate of drug-likeness (QED) is 0.319. The monoisotopic (exact) mass is 425 g/mol. The fourth-order valence-electron chi connectivity index (χ4n) is 2.22. The predicted octanol–water partition coefficient (Wildman–Crippen LogP) is 3.98. The van der Waals surface area contributed by atoms with Gasteiger partial charge in [-0.3, -0.25) is 4.99 Å². The van der Waals surface area contributed by atoms with Crippen molar-refractivity contribution in [1.82, 2.24) is 0 Å². The van der Waals surface area contributed by atoms with Crippen molar-refractivity contribution in [2.75, 3.05) is 19.0 Å². The smallest absolute Gasteiger partial charge is 0.193 e.